The third-order valence-electron chi connectivity index (χ3n) is 7.24. The van der Waals surface area contributed by atoms with Crippen molar-refractivity contribution in [2.45, 2.75) is 38.6 Å². The summed E-state index contributed by atoms with van der Waals surface area (Å²) in [6.45, 7) is 2.03. The number of benzene rings is 3. The van der Waals surface area contributed by atoms with Crippen LogP contribution in [0.2, 0.25) is 0 Å². The summed E-state index contributed by atoms with van der Waals surface area (Å²) in [6, 6.07) is 22.8. The Balaban J connectivity index is 1.22. The number of hydrogen-bond donors (Lipinski definition) is 4. The van der Waals surface area contributed by atoms with E-state index < -0.39 is 11.9 Å². The molecule has 0 spiro atoms. The molecule has 1 aliphatic rings. The van der Waals surface area contributed by atoms with E-state index in [-0.39, 0.29) is 30.7 Å². The molecule has 200 valence electrons. The summed E-state index contributed by atoms with van der Waals surface area (Å²) in [7, 11) is 0. The largest absolute Gasteiger partial charge is 0.481 e. The molecule has 2 heterocycles. The van der Waals surface area contributed by atoms with Gasteiger partial charge in [0.1, 0.15) is 6.54 Å². The molecule has 0 fully saturated rings. The van der Waals surface area contributed by atoms with E-state index in [9.17, 15) is 19.5 Å². The number of carbonyl (C=O) groups excluding carboxylic acids is 2. The summed E-state index contributed by atoms with van der Waals surface area (Å²) in [6.07, 6.45) is 1.10. The predicted octanol–water partition coefficient (Wildman–Crippen LogP) is 4.94. The van der Waals surface area contributed by atoms with Gasteiger partial charge in [-0.05, 0) is 60.2 Å². The molecule has 9 heteroatoms. The second kappa shape index (κ2) is 11.4. The van der Waals surface area contributed by atoms with Crippen LogP contribution in [0.3, 0.4) is 0 Å². The molecule has 3 aromatic carbocycles. The number of amides is 2. The van der Waals surface area contributed by atoms with E-state index in [4.69, 9.17) is 0 Å². The molecule has 1 aromatic heterocycles. The Labute approximate surface area is 226 Å². The standard InChI is InChI=1S/C30H31N5O4/c1-2-21(29(38)39)22-15-16-28(37)35(26-10-6-3-7-23(22)26)18-27(36)31-17-19-11-13-20(14-12-19)32-30-33-24-8-4-5-9-25(24)34-30/h3-14,21-22H,2,15-18H2,1H3,(H,31,36)(H,38,39)(H2,32,33,34). The van der Waals surface area contributed by atoms with Gasteiger partial charge in [0.05, 0.1) is 17.0 Å². The number of anilines is 3. The minimum absolute atomic E-state index is 0.127. The maximum atomic E-state index is 13.0. The van der Waals surface area contributed by atoms with Crippen molar-refractivity contribution in [1.29, 1.82) is 0 Å². The van der Waals surface area contributed by atoms with Crippen LogP contribution < -0.4 is 15.5 Å². The molecule has 4 aromatic rings. The number of fused-ring (bicyclic) bond motifs is 2. The number of nitrogens with one attached hydrogen (secondary N) is 3. The van der Waals surface area contributed by atoms with Crippen molar-refractivity contribution in [2.24, 2.45) is 5.92 Å². The van der Waals surface area contributed by atoms with Crippen molar-refractivity contribution >= 4 is 46.1 Å². The van der Waals surface area contributed by atoms with E-state index in [2.05, 4.69) is 20.6 Å². The first-order chi connectivity index (χ1) is 18.9. The molecule has 39 heavy (non-hydrogen) atoms. The van der Waals surface area contributed by atoms with E-state index in [1.807, 2.05) is 73.7 Å². The topological polar surface area (TPSA) is 127 Å². The zero-order valence-corrected chi connectivity index (χ0v) is 21.7. The van der Waals surface area contributed by atoms with Gasteiger partial charge in [-0.15, -0.1) is 0 Å². The van der Waals surface area contributed by atoms with Gasteiger partial charge >= 0.3 is 5.97 Å². The number of H-pyrrole nitrogens is 1. The van der Waals surface area contributed by atoms with Gasteiger partial charge in [-0.3, -0.25) is 14.4 Å². The predicted molar refractivity (Wildman–Crippen MR) is 150 cm³/mol. The summed E-state index contributed by atoms with van der Waals surface area (Å²) in [5, 5.41) is 15.9. The highest BCUT2D eigenvalue weighted by Crippen LogP contribution is 2.40. The SMILES string of the molecule is CCC(C(=O)O)C1CCC(=O)N(CC(=O)NCc2ccc(Nc3nc4ccccc4[nH]3)cc2)c2ccccc21. The molecule has 0 saturated heterocycles. The maximum absolute atomic E-state index is 13.0. The average molecular weight is 526 g/mol. The van der Waals surface area contributed by atoms with Gasteiger partial charge in [-0.2, -0.15) is 0 Å². The molecule has 0 radical (unpaired) electrons. The fourth-order valence-corrected chi connectivity index (χ4v) is 5.23. The number of hydrogen-bond acceptors (Lipinski definition) is 5. The lowest BCUT2D eigenvalue weighted by molar-refractivity contribution is -0.142. The Morgan fingerprint density at radius 3 is 2.56 bits per heavy atom. The van der Waals surface area contributed by atoms with Crippen LogP contribution in [-0.2, 0) is 20.9 Å². The summed E-state index contributed by atoms with van der Waals surface area (Å²) < 4.78 is 0. The molecule has 2 atom stereocenters. The fourth-order valence-electron chi connectivity index (χ4n) is 5.23. The summed E-state index contributed by atoms with van der Waals surface area (Å²) in [5.41, 5.74) is 5.02. The van der Waals surface area contributed by atoms with Crippen LogP contribution >= 0.6 is 0 Å². The van der Waals surface area contributed by atoms with Crippen LogP contribution in [-0.4, -0.2) is 39.4 Å². The van der Waals surface area contributed by atoms with Gasteiger partial charge < -0.3 is 25.6 Å². The van der Waals surface area contributed by atoms with Crippen molar-refractivity contribution in [1.82, 2.24) is 15.3 Å². The first kappa shape index (κ1) is 26.0. The average Bonchev–Trinajstić information content (AvgIpc) is 3.30. The molecule has 9 nitrogen and oxygen atoms in total. The van der Waals surface area contributed by atoms with E-state index in [1.54, 1.807) is 6.07 Å². The molecule has 4 N–H and O–H groups in total. The number of carboxylic acid groups (broad SMARTS) is 1. The Morgan fingerprint density at radius 1 is 1.08 bits per heavy atom. The van der Waals surface area contributed by atoms with Crippen molar-refractivity contribution in [2.75, 3.05) is 16.8 Å². The Bertz CT molecular complexity index is 1460. The molecular weight excluding hydrogens is 494 g/mol. The quantitative estimate of drug-likeness (QED) is 0.245. The zero-order valence-electron chi connectivity index (χ0n) is 21.7. The minimum Gasteiger partial charge on any atom is -0.481 e. The van der Waals surface area contributed by atoms with E-state index in [0.29, 0.717) is 31.0 Å². The number of rotatable bonds is 9. The highest BCUT2D eigenvalue weighted by molar-refractivity contribution is 6.00. The third-order valence-corrected chi connectivity index (χ3v) is 7.24. The third kappa shape index (κ3) is 5.77. The van der Waals surface area contributed by atoms with Crippen LogP contribution in [0, 0.1) is 5.92 Å². The first-order valence-corrected chi connectivity index (χ1v) is 13.1. The van der Waals surface area contributed by atoms with E-state index in [1.165, 1.54) is 4.90 Å². The first-order valence-electron chi connectivity index (χ1n) is 13.1. The molecular formula is C30H31N5O4. The fraction of sp³-hybridized carbons (Fsp3) is 0.267. The van der Waals surface area contributed by atoms with Crippen LogP contribution in [0.5, 0.6) is 0 Å². The smallest absolute Gasteiger partial charge is 0.307 e. The number of aromatic nitrogens is 2. The van der Waals surface area contributed by atoms with Gasteiger partial charge in [0.25, 0.3) is 0 Å². The molecule has 1 aliphatic heterocycles. The lowest BCUT2D eigenvalue weighted by atomic mass is 9.81. The molecule has 0 saturated carbocycles. The number of nitrogens with zero attached hydrogens (tertiary/aromatic N) is 2. The normalized spacial score (nSPS) is 15.9. The maximum Gasteiger partial charge on any atom is 0.307 e. The number of imidazole rings is 1. The molecule has 5 rings (SSSR count). The summed E-state index contributed by atoms with van der Waals surface area (Å²) in [4.78, 5) is 47.1. The highest BCUT2D eigenvalue weighted by atomic mass is 16.4. The molecule has 0 bridgehead atoms. The lowest BCUT2D eigenvalue weighted by Gasteiger charge is -2.26. The van der Waals surface area contributed by atoms with Crippen LogP contribution in [0.25, 0.3) is 11.0 Å². The summed E-state index contributed by atoms with van der Waals surface area (Å²) in [5.74, 6) is -1.55. The molecule has 2 amide bonds. The number of para-hydroxylation sites is 3. The monoisotopic (exact) mass is 525 g/mol. The van der Waals surface area contributed by atoms with E-state index >= 15 is 0 Å². The Kier molecular flexibility index (Phi) is 7.58. The van der Waals surface area contributed by atoms with Gasteiger partial charge in [0.2, 0.25) is 17.8 Å². The Hall–Kier alpha value is -4.66. The minimum atomic E-state index is -0.866. The number of carboxylic acids is 1. The van der Waals surface area contributed by atoms with Gasteiger partial charge in [-0.25, -0.2) is 4.98 Å². The Morgan fingerprint density at radius 2 is 1.82 bits per heavy atom. The van der Waals surface area contributed by atoms with Crippen molar-refractivity contribution in [3.05, 3.63) is 83.9 Å². The lowest BCUT2D eigenvalue weighted by Crippen LogP contribution is -2.40. The van der Waals surface area contributed by atoms with Crippen LogP contribution in [0.4, 0.5) is 17.3 Å². The van der Waals surface area contributed by atoms with Crippen molar-refractivity contribution in [3.63, 3.8) is 0 Å². The second-order valence-corrected chi connectivity index (χ2v) is 9.74. The number of aliphatic carboxylic acids is 1. The second-order valence-electron chi connectivity index (χ2n) is 9.74. The summed E-state index contributed by atoms with van der Waals surface area (Å²) >= 11 is 0. The van der Waals surface area contributed by atoms with Crippen LogP contribution in [0.15, 0.2) is 72.8 Å². The number of aromatic amines is 1. The molecule has 0 aliphatic carbocycles. The number of carbonyl (C=O) groups is 3. The highest BCUT2D eigenvalue weighted by Gasteiger charge is 2.35. The zero-order chi connectivity index (χ0) is 27.4. The molecule has 2 unspecified atom stereocenters. The van der Waals surface area contributed by atoms with Crippen molar-refractivity contribution in [3.8, 4) is 0 Å². The van der Waals surface area contributed by atoms with Gasteiger partial charge in [0.15, 0.2) is 0 Å². The van der Waals surface area contributed by atoms with Crippen LogP contribution in [0.1, 0.15) is 43.2 Å². The van der Waals surface area contributed by atoms with Crippen molar-refractivity contribution < 1.29 is 19.5 Å². The van der Waals surface area contributed by atoms with Gasteiger partial charge in [0, 0.05) is 24.3 Å². The van der Waals surface area contributed by atoms with E-state index in [0.717, 1.165) is 27.8 Å². The van der Waals surface area contributed by atoms with Gasteiger partial charge in [-0.1, -0.05) is 49.4 Å².